The third-order valence-corrected chi connectivity index (χ3v) is 3.62. The fourth-order valence-corrected chi connectivity index (χ4v) is 2.46. The number of ether oxygens (including phenoxy) is 2. The SMILES string of the molecule is COC(=O)/C=C/C1CN(c2cc(=O)n3ccccc3n2)CCO1. The maximum Gasteiger partial charge on any atom is 0.330 e. The van der Waals surface area contributed by atoms with Gasteiger partial charge in [0, 0.05) is 31.4 Å². The van der Waals surface area contributed by atoms with Gasteiger partial charge in [0.2, 0.25) is 0 Å². The summed E-state index contributed by atoms with van der Waals surface area (Å²) < 4.78 is 11.7. The number of morpholine rings is 1. The molecular weight excluding hydrogens is 298 g/mol. The standard InChI is InChI=1S/C16H17N3O4/c1-22-16(21)6-5-12-11-18(8-9-23-12)14-10-15(20)19-7-3-2-4-13(19)17-14/h2-7,10,12H,8-9,11H2,1H3/b6-5+. The number of anilines is 1. The lowest BCUT2D eigenvalue weighted by molar-refractivity contribution is -0.134. The molecule has 1 aliphatic heterocycles. The Morgan fingerprint density at radius 2 is 2.35 bits per heavy atom. The summed E-state index contributed by atoms with van der Waals surface area (Å²) in [4.78, 5) is 29.8. The molecule has 7 nitrogen and oxygen atoms in total. The van der Waals surface area contributed by atoms with Crippen molar-refractivity contribution in [2.45, 2.75) is 6.10 Å². The van der Waals surface area contributed by atoms with Crippen LogP contribution in [0.1, 0.15) is 0 Å². The number of methoxy groups -OCH3 is 1. The number of esters is 1. The van der Waals surface area contributed by atoms with E-state index in [0.717, 1.165) is 0 Å². The van der Waals surface area contributed by atoms with Gasteiger partial charge in [0.05, 0.1) is 19.8 Å². The Kier molecular flexibility index (Phi) is 4.38. The van der Waals surface area contributed by atoms with Crippen molar-refractivity contribution >= 4 is 17.4 Å². The van der Waals surface area contributed by atoms with Gasteiger partial charge in [-0.25, -0.2) is 9.78 Å². The number of rotatable bonds is 3. The Hall–Kier alpha value is -2.67. The second kappa shape index (κ2) is 6.62. The van der Waals surface area contributed by atoms with E-state index in [9.17, 15) is 9.59 Å². The van der Waals surface area contributed by atoms with Gasteiger partial charge >= 0.3 is 5.97 Å². The molecule has 120 valence electrons. The second-order valence-electron chi connectivity index (χ2n) is 5.12. The summed E-state index contributed by atoms with van der Waals surface area (Å²) in [6.45, 7) is 1.65. The lowest BCUT2D eigenvalue weighted by atomic mass is 10.2. The molecule has 0 bridgehead atoms. The van der Waals surface area contributed by atoms with Gasteiger partial charge < -0.3 is 14.4 Å². The number of carbonyl (C=O) groups excluding carboxylic acids is 1. The molecule has 0 radical (unpaired) electrons. The maximum atomic E-state index is 12.2. The molecule has 0 amide bonds. The molecule has 1 saturated heterocycles. The van der Waals surface area contributed by atoms with Crippen molar-refractivity contribution in [1.82, 2.24) is 9.38 Å². The molecule has 3 rings (SSSR count). The highest BCUT2D eigenvalue weighted by molar-refractivity contribution is 5.81. The Morgan fingerprint density at radius 3 is 3.17 bits per heavy atom. The minimum absolute atomic E-state index is 0.126. The van der Waals surface area contributed by atoms with Crippen molar-refractivity contribution in [3.63, 3.8) is 0 Å². The van der Waals surface area contributed by atoms with E-state index < -0.39 is 5.97 Å². The van der Waals surface area contributed by atoms with Crippen molar-refractivity contribution < 1.29 is 14.3 Å². The molecule has 2 aromatic rings. The number of fused-ring (bicyclic) bond motifs is 1. The molecule has 7 heteroatoms. The van der Waals surface area contributed by atoms with Gasteiger partial charge in [0.15, 0.2) is 0 Å². The second-order valence-corrected chi connectivity index (χ2v) is 5.12. The van der Waals surface area contributed by atoms with E-state index in [1.807, 2.05) is 11.0 Å². The molecule has 0 spiro atoms. The Bertz CT molecular complexity index is 799. The lowest BCUT2D eigenvalue weighted by Gasteiger charge is -2.32. The van der Waals surface area contributed by atoms with Crippen molar-refractivity contribution in [3.8, 4) is 0 Å². The first-order valence-electron chi connectivity index (χ1n) is 7.28. The zero-order valence-electron chi connectivity index (χ0n) is 12.7. The molecule has 0 N–H and O–H groups in total. The predicted molar refractivity (Wildman–Crippen MR) is 84.6 cm³/mol. The van der Waals surface area contributed by atoms with Crippen LogP contribution in [0.4, 0.5) is 5.82 Å². The molecule has 3 heterocycles. The largest absolute Gasteiger partial charge is 0.466 e. The third-order valence-electron chi connectivity index (χ3n) is 3.62. The third kappa shape index (κ3) is 3.40. The van der Waals surface area contributed by atoms with Crippen LogP contribution in [-0.2, 0) is 14.3 Å². The van der Waals surface area contributed by atoms with E-state index in [2.05, 4.69) is 9.72 Å². The van der Waals surface area contributed by atoms with Gasteiger partial charge in [-0.3, -0.25) is 9.20 Å². The van der Waals surface area contributed by atoms with E-state index in [4.69, 9.17) is 4.74 Å². The van der Waals surface area contributed by atoms with E-state index in [-0.39, 0.29) is 11.7 Å². The van der Waals surface area contributed by atoms with Crippen LogP contribution in [-0.4, -0.2) is 48.3 Å². The van der Waals surface area contributed by atoms with Crippen LogP contribution in [0.3, 0.4) is 0 Å². The zero-order valence-corrected chi connectivity index (χ0v) is 12.7. The normalized spacial score (nSPS) is 18.5. The summed E-state index contributed by atoms with van der Waals surface area (Å²) in [7, 11) is 1.33. The van der Waals surface area contributed by atoms with Gasteiger partial charge in [-0.05, 0) is 18.2 Å². The molecular formula is C16H17N3O4. The first kappa shape index (κ1) is 15.2. The summed E-state index contributed by atoms with van der Waals surface area (Å²) in [5.41, 5.74) is 0.474. The van der Waals surface area contributed by atoms with Crippen LogP contribution in [0.15, 0.2) is 47.4 Å². The molecule has 23 heavy (non-hydrogen) atoms. The van der Waals surface area contributed by atoms with Crippen LogP contribution >= 0.6 is 0 Å². The van der Waals surface area contributed by atoms with Crippen LogP contribution in [0.25, 0.3) is 5.65 Å². The number of pyridine rings is 1. The average Bonchev–Trinajstić information content (AvgIpc) is 2.60. The molecule has 0 aromatic carbocycles. The van der Waals surface area contributed by atoms with Gasteiger partial charge in [0.1, 0.15) is 11.5 Å². The summed E-state index contributed by atoms with van der Waals surface area (Å²) in [5, 5.41) is 0. The molecule has 1 aliphatic rings. The monoisotopic (exact) mass is 315 g/mol. The van der Waals surface area contributed by atoms with Crippen LogP contribution < -0.4 is 10.5 Å². The topological polar surface area (TPSA) is 73.1 Å². The molecule has 0 aliphatic carbocycles. The van der Waals surface area contributed by atoms with E-state index in [1.54, 1.807) is 24.4 Å². The Labute approximate surface area is 132 Å². The van der Waals surface area contributed by atoms with E-state index in [1.165, 1.54) is 23.7 Å². The number of carbonyl (C=O) groups is 1. The van der Waals surface area contributed by atoms with Gasteiger partial charge in [-0.15, -0.1) is 0 Å². The molecule has 1 atom stereocenters. The van der Waals surface area contributed by atoms with E-state index >= 15 is 0 Å². The van der Waals surface area contributed by atoms with Gasteiger partial charge in [-0.1, -0.05) is 6.07 Å². The number of hydrogen-bond donors (Lipinski definition) is 0. The predicted octanol–water partition coefficient (Wildman–Crippen LogP) is 0.629. The average molecular weight is 315 g/mol. The summed E-state index contributed by atoms with van der Waals surface area (Å²) >= 11 is 0. The zero-order chi connectivity index (χ0) is 16.2. The fraction of sp³-hybridized carbons (Fsp3) is 0.312. The summed E-state index contributed by atoms with van der Waals surface area (Å²) in [6.07, 6.45) is 4.44. The van der Waals surface area contributed by atoms with Gasteiger partial charge in [0.25, 0.3) is 5.56 Å². The minimum atomic E-state index is -0.423. The highest BCUT2D eigenvalue weighted by atomic mass is 16.5. The molecule has 0 saturated carbocycles. The maximum absolute atomic E-state index is 12.2. The highest BCUT2D eigenvalue weighted by Gasteiger charge is 2.20. The van der Waals surface area contributed by atoms with Crippen LogP contribution in [0, 0.1) is 0 Å². The van der Waals surface area contributed by atoms with Crippen molar-refractivity contribution in [3.05, 3.63) is 53.0 Å². The quantitative estimate of drug-likeness (QED) is 0.611. The lowest BCUT2D eigenvalue weighted by Crippen LogP contribution is -2.42. The number of nitrogens with zero attached hydrogens (tertiary/aromatic N) is 3. The molecule has 1 fully saturated rings. The smallest absolute Gasteiger partial charge is 0.330 e. The summed E-state index contributed by atoms with van der Waals surface area (Å²) in [6, 6.07) is 6.93. The first-order chi connectivity index (χ1) is 11.2. The van der Waals surface area contributed by atoms with Gasteiger partial charge in [-0.2, -0.15) is 0 Å². The fourth-order valence-electron chi connectivity index (χ4n) is 2.46. The Morgan fingerprint density at radius 1 is 1.48 bits per heavy atom. The number of hydrogen-bond acceptors (Lipinski definition) is 6. The van der Waals surface area contributed by atoms with Crippen molar-refractivity contribution in [2.75, 3.05) is 31.7 Å². The van der Waals surface area contributed by atoms with E-state index in [0.29, 0.717) is 31.2 Å². The summed E-state index contributed by atoms with van der Waals surface area (Å²) in [5.74, 6) is 0.189. The van der Waals surface area contributed by atoms with Crippen LogP contribution in [0.2, 0.25) is 0 Å². The number of aromatic nitrogens is 2. The Balaban J connectivity index is 1.82. The molecule has 2 aromatic heterocycles. The highest BCUT2D eigenvalue weighted by Crippen LogP contribution is 2.15. The molecule has 1 unspecified atom stereocenters. The first-order valence-corrected chi connectivity index (χ1v) is 7.28. The van der Waals surface area contributed by atoms with Crippen molar-refractivity contribution in [2.24, 2.45) is 0 Å². The van der Waals surface area contributed by atoms with Crippen molar-refractivity contribution in [1.29, 1.82) is 0 Å². The van der Waals surface area contributed by atoms with Crippen LogP contribution in [0.5, 0.6) is 0 Å². The minimum Gasteiger partial charge on any atom is -0.466 e.